The fourth-order valence-corrected chi connectivity index (χ4v) is 7.57. The van der Waals surface area contributed by atoms with Crippen LogP contribution in [0.5, 0.6) is 0 Å². The molecular weight excluding hydrogens is 533 g/mol. The van der Waals surface area contributed by atoms with Gasteiger partial charge in [0.2, 0.25) is 0 Å². The van der Waals surface area contributed by atoms with Crippen molar-refractivity contribution >= 4 is 36.0 Å². The predicted octanol–water partition coefficient (Wildman–Crippen LogP) is -0.429. The third-order valence-electron chi connectivity index (χ3n) is 5.36. The summed E-state index contributed by atoms with van der Waals surface area (Å²) in [6.07, 6.45) is -1.23. The monoisotopic (exact) mass is 563 g/mol. The summed E-state index contributed by atoms with van der Waals surface area (Å²) in [4.78, 5) is 61.2. The Hall–Kier alpha value is -2.49. The normalized spacial score (nSPS) is 28.0. The first-order chi connectivity index (χ1) is 17.2. The van der Waals surface area contributed by atoms with Crippen LogP contribution in [0.1, 0.15) is 40.3 Å². The van der Waals surface area contributed by atoms with E-state index in [0.717, 1.165) is 10.6 Å². The lowest BCUT2D eigenvalue weighted by Crippen LogP contribution is -2.40. The summed E-state index contributed by atoms with van der Waals surface area (Å²) < 4.78 is 31.3. The van der Waals surface area contributed by atoms with Crippen molar-refractivity contribution in [2.24, 2.45) is 0 Å². The maximum absolute atomic E-state index is 13.7. The molecule has 1 aromatic heterocycles. The van der Waals surface area contributed by atoms with Crippen molar-refractivity contribution in [3.05, 3.63) is 33.1 Å². The number of carbonyl (C=O) groups excluding carboxylic acids is 3. The van der Waals surface area contributed by atoms with Gasteiger partial charge in [-0.2, -0.15) is 0 Å². The second-order valence-electron chi connectivity index (χ2n) is 9.13. The van der Waals surface area contributed by atoms with Crippen LogP contribution in [0.4, 0.5) is 4.79 Å². The molecule has 3 heterocycles. The Balaban J connectivity index is 1.71. The van der Waals surface area contributed by atoms with E-state index >= 15 is 0 Å². The molecule has 4 unspecified atom stereocenters. The number of urea groups is 1. The van der Waals surface area contributed by atoms with E-state index in [1.807, 2.05) is 0 Å². The van der Waals surface area contributed by atoms with Crippen LogP contribution in [0.25, 0.3) is 0 Å². The van der Waals surface area contributed by atoms with Crippen LogP contribution in [0.15, 0.2) is 21.9 Å². The summed E-state index contributed by atoms with van der Waals surface area (Å²) in [5, 5.41) is 17.9. The van der Waals surface area contributed by atoms with E-state index < -0.39 is 72.0 Å². The van der Waals surface area contributed by atoms with Gasteiger partial charge in [0.05, 0.1) is 18.8 Å². The van der Waals surface area contributed by atoms with Crippen molar-refractivity contribution in [1.29, 1.82) is 0 Å². The molecule has 0 spiro atoms. The molecule has 3 amide bonds. The summed E-state index contributed by atoms with van der Waals surface area (Å²) >= 11 is 0.702. The topological polar surface area (TPSA) is 207 Å². The lowest BCUT2D eigenvalue weighted by molar-refractivity contribution is -0.149. The van der Waals surface area contributed by atoms with E-state index in [-0.39, 0.29) is 18.8 Å². The Morgan fingerprint density at radius 1 is 1.35 bits per heavy atom. The third-order valence-corrected chi connectivity index (χ3v) is 9.47. The number of ether oxygens (including phenoxy) is 2. The number of H-pyrrole nitrogens is 1. The van der Waals surface area contributed by atoms with Crippen molar-refractivity contribution in [3.63, 3.8) is 0 Å². The molecule has 2 aliphatic heterocycles. The van der Waals surface area contributed by atoms with Crippen LogP contribution in [-0.2, 0) is 28.2 Å². The van der Waals surface area contributed by atoms with Crippen molar-refractivity contribution in [2.45, 2.75) is 70.2 Å². The van der Waals surface area contributed by atoms with E-state index in [1.54, 1.807) is 13.8 Å². The highest BCUT2D eigenvalue weighted by Crippen LogP contribution is 2.57. The SMILES string of the molecule is CC(C)OC(=O)[C@@H](C)NP(=O)(OCC1C[C@@](C)(O)C(n2ccc(=O)[nH]c2=O)O1)SCC1NC(=O)NC1=O. The van der Waals surface area contributed by atoms with Gasteiger partial charge in [0, 0.05) is 24.4 Å². The predicted molar refractivity (Wildman–Crippen MR) is 131 cm³/mol. The first-order valence-corrected chi connectivity index (χ1v) is 14.6. The molecule has 2 aliphatic rings. The van der Waals surface area contributed by atoms with Crippen LogP contribution >= 0.6 is 18.1 Å². The van der Waals surface area contributed by atoms with Crippen LogP contribution in [0.2, 0.25) is 0 Å². The molecule has 0 aliphatic carbocycles. The minimum atomic E-state index is -3.92. The molecular formula is C20H30N5O10PS. The van der Waals surface area contributed by atoms with Gasteiger partial charge < -0.3 is 24.4 Å². The number of nitrogens with zero attached hydrogens (tertiary/aromatic N) is 1. The van der Waals surface area contributed by atoms with Gasteiger partial charge in [0.25, 0.3) is 11.5 Å². The average Bonchev–Trinajstić information content (AvgIpc) is 3.27. The third kappa shape index (κ3) is 7.52. The van der Waals surface area contributed by atoms with Crippen LogP contribution < -0.4 is 27.0 Å². The molecule has 2 saturated heterocycles. The van der Waals surface area contributed by atoms with Gasteiger partial charge in [-0.05, 0) is 27.7 Å². The first kappa shape index (κ1) is 29.1. The molecule has 15 nitrogen and oxygen atoms in total. The van der Waals surface area contributed by atoms with Gasteiger partial charge in [-0.1, -0.05) is 11.4 Å². The number of nitrogens with one attached hydrogen (secondary N) is 4. The second-order valence-corrected chi connectivity index (χ2v) is 13.4. The minimum absolute atomic E-state index is 0.0140. The van der Waals surface area contributed by atoms with Crippen LogP contribution in [-0.4, -0.2) is 74.8 Å². The smallest absolute Gasteiger partial charge is 0.330 e. The molecule has 0 radical (unpaired) electrons. The maximum atomic E-state index is 13.7. The van der Waals surface area contributed by atoms with Gasteiger partial charge in [-0.15, -0.1) is 0 Å². The largest absolute Gasteiger partial charge is 0.462 e. The van der Waals surface area contributed by atoms with E-state index in [1.165, 1.54) is 20.0 Å². The molecule has 6 atom stereocenters. The number of hydrogen-bond acceptors (Lipinski definition) is 11. The van der Waals surface area contributed by atoms with E-state index in [4.69, 9.17) is 14.0 Å². The average molecular weight is 564 g/mol. The molecule has 0 aromatic carbocycles. The van der Waals surface area contributed by atoms with Crippen molar-refractivity contribution < 1.29 is 38.1 Å². The molecule has 37 heavy (non-hydrogen) atoms. The van der Waals surface area contributed by atoms with Crippen molar-refractivity contribution in [1.82, 2.24) is 25.3 Å². The summed E-state index contributed by atoms with van der Waals surface area (Å²) in [5.74, 6) is -1.41. The highest BCUT2D eigenvalue weighted by atomic mass is 32.7. The van der Waals surface area contributed by atoms with E-state index in [9.17, 15) is 33.6 Å². The lowest BCUT2D eigenvalue weighted by Gasteiger charge is -2.25. The maximum Gasteiger partial charge on any atom is 0.330 e. The Labute approximate surface area is 215 Å². The Bertz CT molecular complexity index is 1200. The number of hydrogen-bond donors (Lipinski definition) is 5. The number of esters is 1. The van der Waals surface area contributed by atoms with Gasteiger partial charge in [0.1, 0.15) is 17.7 Å². The van der Waals surface area contributed by atoms with Gasteiger partial charge in [-0.25, -0.2) is 14.7 Å². The highest BCUT2D eigenvalue weighted by molar-refractivity contribution is 8.56. The zero-order chi connectivity index (χ0) is 27.5. The molecule has 0 bridgehead atoms. The summed E-state index contributed by atoms with van der Waals surface area (Å²) in [7, 11) is 0. The van der Waals surface area contributed by atoms with Crippen molar-refractivity contribution in [2.75, 3.05) is 12.4 Å². The van der Waals surface area contributed by atoms with Crippen LogP contribution in [0, 0.1) is 0 Å². The molecule has 0 saturated carbocycles. The number of amides is 3. The van der Waals surface area contributed by atoms with Gasteiger partial charge in [0.15, 0.2) is 6.23 Å². The molecule has 17 heteroatoms. The number of aliphatic hydroxyl groups is 1. The number of aromatic nitrogens is 2. The summed E-state index contributed by atoms with van der Waals surface area (Å²) in [5.41, 5.74) is -2.93. The standard InChI is InChI=1S/C20H30N5O10PS/c1-10(2)34-16(28)11(3)24-36(32,37-9-13-15(27)23-18(29)21-13)33-8-12-7-20(4,31)17(35-12)25-6-5-14(26)22-19(25)30/h5-6,10-13,17,31H,7-9H2,1-4H3,(H,24,32)(H,22,26,30)(H2,21,23,27,29)/t11-,12?,13?,17?,20-,36?/m1/s1. The number of aromatic amines is 1. The van der Waals surface area contributed by atoms with E-state index in [0.29, 0.717) is 11.4 Å². The molecule has 1 aromatic rings. The van der Waals surface area contributed by atoms with E-state index in [2.05, 4.69) is 20.7 Å². The fraction of sp³-hybridized carbons (Fsp3) is 0.650. The summed E-state index contributed by atoms with van der Waals surface area (Å²) in [6.45, 7) is 1.94. The Morgan fingerprint density at radius 3 is 2.65 bits per heavy atom. The number of carbonyl (C=O) groups is 3. The molecule has 5 N–H and O–H groups in total. The van der Waals surface area contributed by atoms with Gasteiger partial charge in [-0.3, -0.25) is 33.8 Å². The van der Waals surface area contributed by atoms with Gasteiger partial charge >= 0.3 is 24.4 Å². The Morgan fingerprint density at radius 2 is 2.05 bits per heavy atom. The Kier molecular flexibility index (Phi) is 9.03. The lowest BCUT2D eigenvalue weighted by atomic mass is 10.0. The summed E-state index contributed by atoms with van der Waals surface area (Å²) in [6, 6.07) is -1.59. The minimum Gasteiger partial charge on any atom is -0.462 e. The van der Waals surface area contributed by atoms with Crippen LogP contribution in [0.3, 0.4) is 0 Å². The molecule has 2 fully saturated rings. The molecule has 3 rings (SSSR count). The second kappa shape index (κ2) is 11.5. The zero-order valence-electron chi connectivity index (χ0n) is 20.6. The highest BCUT2D eigenvalue weighted by Gasteiger charge is 2.46. The quantitative estimate of drug-likeness (QED) is 0.132. The zero-order valence-corrected chi connectivity index (χ0v) is 22.3. The fourth-order valence-electron chi connectivity index (χ4n) is 3.68. The number of imide groups is 1. The van der Waals surface area contributed by atoms with Crippen molar-refractivity contribution in [3.8, 4) is 0 Å². The molecule has 206 valence electrons. The number of rotatable bonds is 11. The first-order valence-electron chi connectivity index (χ1n) is 11.4.